The Balaban J connectivity index is 1.43. The van der Waals surface area contributed by atoms with E-state index in [0.29, 0.717) is 5.02 Å². The van der Waals surface area contributed by atoms with Gasteiger partial charge in [0.25, 0.3) is 0 Å². The minimum Gasteiger partial charge on any atom is -0.460 e. The lowest BCUT2D eigenvalue weighted by atomic mass is 9.64. The predicted octanol–water partition coefficient (Wildman–Crippen LogP) is 6.30. The molecule has 1 aliphatic carbocycles. The number of para-hydroxylation sites is 1. The minimum absolute atomic E-state index is 0.171. The molecule has 3 aromatic rings. The first-order chi connectivity index (χ1) is 13.7. The first-order valence-corrected chi connectivity index (χ1v) is 9.79. The predicted molar refractivity (Wildman–Crippen MR) is 110 cm³/mol. The molecule has 3 nitrogen and oxygen atoms in total. The van der Waals surface area contributed by atoms with Crippen LogP contribution in [-0.4, -0.2) is 5.97 Å². The van der Waals surface area contributed by atoms with Crippen LogP contribution < -0.4 is 4.74 Å². The van der Waals surface area contributed by atoms with Gasteiger partial charge in [0.1, 0.15) is 18.1 Å². The van der Waals surface area contributed by atoms with E-state index >= 15 is 0 Å². The molecule has 0 heterocycles. The molecule has 1 aliphatic rings. The van der Waals surface area contributed by atoms with Crippen molar-refractivity contribution in [3.8, 4) is 11.5 Å². The van der Waals surface area contributed by atoms with Gasteiger partial charge >= 0.3 is 5.97 Å². The SMILES string of the molecule is O=C(OCc1cccc(Oc2ccccc2)c1)C1(c2ccc(Cl)cc2)CCC1. The third-order valence-electron chi connectivity index (χ3n) is 5.24. The molecule has 1 saturated carbocycles. The average Bonchev–Trinajstić information content (AvgIpc) is 2.68. The highest BCUT2D eigenvalue weighted by Gasteiger charge is 2.47. The fourth-order valence-electron chi connectivity index (χ4n) is 3.52. The number of halogens is 1. The standard InChI is InChI=1S/C24H21ClO3/c25-20-12-10-19(11-13-20)24(14-5-15-24)23(26)27-17-18-6-4-9-22(16-18)28-21-7-2-1-3-8-21/h1-4,6-13,16H,5,14-15,17H2. The van der Waals surface area contributed by atoms with Gasteiger partial charge in [-0.1, -0.05) is 60.5 Å². The quantitative estimate of drug-likeness (QED) is 0.462. The van der Waals surface area contributed by atoms with Gasteiger partial charge in [-0.15, -0.1) is 0 Å². The summed E-state index contributed by atoms with van der Waals surface area (Å²) in [5.41, 5.74) is 1.34. The van der Waals surface area contributed by atoms with E-state index in [9.17, 15) is 4.79 Å². The van der Waals surface area contributed by atoms with Crippen molar-refractivity contribution in [2.24, 2.45) is 0 Å². The van der Waals surface area contributed by atoms with Crippen molar-refractivity contribution in [1.82, 2.24) is 0 Å². The summed E-state index contributed by atoms with van der Waals surface area (Å²) in [6, 6.07) is 24.7. The van der Waals surface area contributed by atoms with Crippen molar-refractivity contribution in [1.29, 1.82) is 0 Å². The Morgan fingerprint density at radius 3 is 2.29 bits per heavy atom. The number of rotatable bonds is 6. The summed E-state index contributed by atoms with van der Waals surface area (Å²) in [5, 5.41) is 0.668. The van der Waals surface area contributed by atoms with Crippen LogP contribution in [0.15, 0.2) is 78.9 Å². The van der Waals surface area contributed by atoms with Gasteiger partial charge in [-0.2, -0.15) is 0 Å². The normalized spacial score (nSPS) is 14.8. The van der Waals surface area contributed by atoms with Crippen LogP contribution >= 0.6 is 11.6 Å². The molecule has 1 fully saturated rings. The molecule has 0 spiro atoms. The first-order valence-electron chi connectivity index (χ1n) is 9.41. The lowest BCUT2D eigenvalue weighted by molar-refractivity contribution is -0.155. The summed E-state index contributed by atoms with van der Waals surface area (Å²) in [5.74, 6) is 1.32. The number of hydrogen-bond acceptors (Lipinski definition) is 3. The first kappa shape index (κ1) is 18.6. The molecule has 0 unspecified atom stereocenters. The molecule has 4 rings (SSSR count). The molecule has 0 saturated heterocycles. The lowest BCUT2D eigenvalue weighted by Gasteiger charge is -2.39. The molecular weight excluding hydrogens is 372 g/mol. The highest BCUT2D eigenvalue weighted by Crippen LogP contribution is 2.45. The maximum absolute atomic E-state index is 12.9. The highest BCUT2D eigenvalue weighted by atomic mass is 35.5. The van der Waals surface area contributed by atoms with Crippen LogP contribution in [-0.2, 0) is 21.6 Å². The van der Waals surface area contributed by atoms with E-state index < -0.39 is 5.41 Å². The van der Waals surface area contributed by atoms with Crippen molar-refractivity contribution in [2.75, 3.05) is 0 Å². The molecule has 0 aliphatic heterocycles. The van der Waals surface area contributed by atoms with Crippen LogP contribution in [0.3, 0.4) is 0 Å². The van der Waals surface area contributed by atoms with Gasteiger partial charge < -0.3 is 9.47 Å². The summed E-state index contributed by atoms with van der Waals surface area (Å²) in [6.45, 7) is 0.222. The second kappa shape index (κ2) is 8.07. The molecule has 0 bridgehead atoms. The molecule has 0 amide bonds. The van der Waals surface area contributed by atoms with E-state index in [2.05, 4.69) is 0 Å². The van der Waals surface area contributed by atoms with E-state index in [0.717, 1.165) is 41.9 Å². The molecule has 0 N–H and O–H groups in total. The maximum atomic E-state index is 12.9. The summed E-state index contributed by atoms with van der Waals surface area (Å²) in [7, 11) is 0. The van der Waals surface area contributed by atoms with Crippen LogP contribution in [0, 0.1) is 0 Å². The smallest absolute Gasteiger partial charge is 0.316 e. The fraction of sp³-hybridized carbons (Fsp3) is 0.208. The van der Waals surface area contributed by atoms with Gasteiger partial charge in [-0.05, 0) is 60.4 Å². The van der Waals surface area contributed by atoms with E-state index in [1.165, 1.54) is 0 Å². The van der Waals surface area contributed by atoms with Crippen molar-refractivity contribution < 1.29 is 14.3 Å². The molecule has 4 heteroatoms. The number of hydrogen-bond donors (Lipinski definition) is 0. The highest BCUT2D eigenvalue weighted by molar-refractivity contribution is 6.30. The fourth-order valence-corrected chi connectivity index (χ4v) is 3.65. The van der Waals surface area contributed by atoms with Gasteiger partial charge in [-0.3, -0.25) is 4.79 Å². The summed E-state index contributed by atoms with van der Waals surface area (Å²) >= 11 is 5.99. The molecule has 28 heavy (non-hydrogen) atoms. The van der Waals surface area contributed by atoms with Crippen molar-refractivity contribution in [2.45, 2.75) is 31.3 Å². The monoisotopic (exact) mass is 392 g/mol. The number of ether oxygens (including phenoxy) is 2. The van der Waals surface area contributed by atoms with Crippen LogP contribution in [0.1, 0.15) is 30.4 Å². The Kier molecular flexibility index (Phi) is 5.36. The van der Waals surface area contributed by atoms with Crippen molar-refractivity contribution >= 4 is 17.6 Å². The number of carbonyl (C=O) groups excluding carboxylic acids is 1. The van der Waals surface area contributed by atoms with Gasteiger partial charge in [0, 0.05) is 5.02 Å². The van der Waals surface area contributed by atoms with E-state index in [-0.39, 0.29) is 12.6 Å². The molecule has 142 valence electrons. The van der Waals surface area contributed by atoms with E-state index in [1.807, 2.05) is 78.9 Å². The number of carbonyl (C=O) groups is 1. The number of benzene rings is 3. The third kappa shape index (κ3) is 3.90. The lowest BCUT2D eigenvalue weighted by Crippen LogP contribution is -2.43. The topological polar surface area (TPSA) is 35.5 Å². The van der Waals surface area contributed by atoms with Gasteiger partial charge in [0.2, 0.25) is 0 Å². The van der Waals surface area contributed by atoms with E-state index in [4.69, 9.17) is 21.1 Å². The molecule has 0 aromatic heterocycles. The van der Waals surface area contributed by atoms with Crippen LogP contribution in [0.4, 0.5) is 0 Å². The zero-order valence-electron chi connectivity index (χ0n) is 15.4. The third-order valence-corrected chi connectivity index (χ3v) is 5.49. The largest absolute Gasteiger partial charge is 0.460 e. The molecule has 3 aromatic carbocycles. The second-order valence-corrected chi connectivity index (χ2v) is 7.52. The minimum atomic E-state index is -0.539. The second-order valence-electron chi connectivity index (χ2n) is 7.08. The Labute approximate surface area is 169 Å². The van der Waals surface area contributed by atoms with Gasteiger partial charge in [-0.25, -0.2) is 0 Å². The summed E-state index contributed by atoms with van der Waals surface area (Å²) in [6.07, 6.45) is 2.65. The Bertz CT molecular complexity index is 947. The Morgan fingerprint density at radius 2 is 1.61 bits per heavy atom. The molecular formula is C24H21ClO3. The molecule has 0 radical (unpaired) electrons. The number of esters is 1. The van der Waals surface area contributed by atoms with Crippen molar-refractivity contribution in [3.63, 3.8) is 0 Å². The maximum Gasteiger partial charge on any atom is 0.316 e. The van der Waals surface area contributed by atoms with Crippen LogP contribution in [0.2, 0.25) is 5.02 Å². The van der Waals surface area contributed by atoms with Crippen LogP contribution in [0.5, 0.6) is 11.5 Å². The Hall–Kier alpha value is -2.78. The van der Waals surface area contributed by atoms with Crippen molar-refractivity contribution in [3.05, 3.63) is 95.0 Å². The van der Waals surface area contributed by atoms with E-state index in [1.54, 1.807) is 0 Å². The Morgan fingerprint density at radius 1 is 0.893 bits per heavy atom. The zero-order valence-corrected chi connectivity index (χ0v) is 16.2. The molecule has 0 atom stereocenters. The van der Waals surface area contributed by atoms with Gasteiger partial charge in [0.05, 0.1) is 5.41 Å². The average molecular weight is 393 g/mol. The summed E-state index contributed by atoms with van der Waals surface area (Å²) in [4.78, 5) is 12.9. The zero-order chi connectivity index (χ0) is 19.4. The summed E-state index contributed by atoms with van der Waals surface area (Å²) < 4.78 is 11.6. The van der Waals surface area contributed by atoms with Crippen LogP contribution in [0.25, 0.3) is 0 Å². The van der Waals surface area contributed by atoms with Gasteiger partial charge in [0.15, 0.2) is 0 Å².